The Bertz CT molecular complexity index is 1410. The second-order valence-electron chi connectivity index (χ2n) is 9.98. The van der Waals surface area contributed by atoms with Gasteiger partial charge in [0.1, 0.15) is 22.9 Å². The number of benzene rings is 2. The van der Waals surface area contributed by atoms with Gasteiger partial charge in [-0.2, -0.15) is 4.98 Å². The van der Waals surface area contributed by atoms with Gasteiger partial charge in [-0.3, -0.25) is 4.79 Å². The number of phenolic OH excluding ortho intramolecular Hbond substituents is 1. The lowest BCUT2D eigenvalue weighted by molar-refractivity contribution is -0.128. The van der Waals surface area contributed by atoms with Gasteiger partial charge in [-0.05, 0) is 45.3 Å². The van der Waals surface area contributed by atoms with Crippen molar-refractivity contribution in [1.82, 2.24) is 19.8 Å². The van der Waals surface area contributed by atoms with Crippen LogP contribution in [0.15, 0.2) is 36.9 Å². The van der Waals surface area contributed by atoms with Crippen LogP contribution in [0.3, 0.4) is 0 Å². The first-order valence-electron chi connectivity index (χ1n) is 12.4. The SMILES string of the molecule is C=CC(=O)N1CCN(c2nc(N3CC(N(C)C)C3)nc3c(F)c(-c4c(O)cccc4F)c(Cl)cc23)C[C@H]1C. The summed E-state index contributed by atoms with van der Waals surface area (Å²) in [6, 6.07) is 5.45. The lowest BCUT2D eigenvalue weighted by atomic mass is 10.0. The Kier molecular flexibility index (Phi) is 6.87. The van der Waals surface area contributed by atoms with E-state index in [-0.39, 0.29) is 33.6 Å². The smallest absolute Gasteiger partial charge is 0.246 e. The zero-order valence-electron chi connectivity index (χ0n) is 21.5. The Morgan fingerprint density at radius 2 is 1.89 bits per heavy atom. The largest absolute Gasteiger partial charge is 0.507 e. The number of piperazine rings is 1. The van der Waals surface area contributed by atoms with Crippen LogP contribution in [0.1, 0.15) is 6.92 Å². The van der Waals surface area contributed by atoms with E-state index < -0.39 is 17.4 Å². The molecule has 2 saturated heterocycles. The van der Waals surface area contributed by atoms with Gasteiger partial charge in [0.25, 0.3) is 0 Å². The minimum atomic E-state index is -0.837. The molecule has 2 fully saturated rings. The predicted octanol–water partition coefficient (Wildman–Crippen LogP) is 3.91. The van der Waals surface area contributed by atoms with Crippen molar-refractivity contribution >= 4 is 40.2 Å². The third-order valence-electron chi connectivity index (χ3n) is 7.35. The van der Waals surface area contributed by atoms with Crippen LogP contribution >= 0.6 is 11.6 Å². The van der Waals surface area contributed by atoms with E-state index in [9.17, 15) is 14.3 Å². The molecule has 38 heavy (non-hydrogen) atoms. The molecule has 3 aromatic rings. The van der Waals surface area contributed by atoms with Crippen LogP contribution in [0, 0.1) is 11.6 Å². The third-order valence-corrected chi connectivity index (χ3v) is 7.65. The van der Waals surface area contributed by atoms with Gasteiger partial charge in [0.15, 0.2) is 5.82 Å². The normalized spacial score (nSPS) is 18.3. The maximum absolute atomic E-state index is 16.2. The number of carbonyl (C=O) groups excluding carboxylic acids is 1. The predicted molar refractivity (Wildman–Crippen MR) is 145 cm³/mol. The summed E-state index contributed by atoms with van der Waals surface area (Å²) in [6.45, 7) is 8.22. The number of aromatic nitrogens is 2. The number of anilines is 2. The van der Waals surface area contributed by atoms with Crippen molar-refractivity contribution in [2.45, 2.75) is 19.0 Å². The molecule has 1 amide bonds. The molecule has 5 rings (SSSR count). The number of fused-ring (bicyclic) bond motifs is 1. The van der Waals surface area contributed by atoms with Gasteiger partial charge in [-0.25, -0.2) is 13.8 Å². The Hall–Kier alpha value is -3.50. The quantitative estimate of drug-likeness (QED) is 0.490. The van der Waals surface area contributed by atoms with Crippen LogP contribution in [0.25, 0.3) is 22.0 Å². The number of phenols is 1. The first kappa shape index (κ1) is 26.1. The van der Waals surface area contributed by atoms with Crippen molar-refractivity contribution in [3.8, 4) is 16.9 Å². The van der Waals surface area contributed by atoms with Crippen molar-refractivity contribution < 1.29 is 18.7 Å². The fraction of sp³-hybridized carbons (Fsp3) is 0.370. The molecule has 2 aliphatic rings. The highest BCUT2D eigenvalue weighted by atomic mass is 35.5. The number of hydrogen-bond acceptors (Lipinski definition) is 7. The van der Waals surface area contributed by atoms with E-state index in [2.05, 4.69) is 16.5 Å². The molecule has 2 aromatic carbocycles. The average molecular weight is 543 g/mol. The number of carbonyl (C=O) groups is 1. The molecular weight excluding hydrogens is 514 g/mol. The third kappa shape index (κ3) is 4.41. The summed E-state index contributed by atoms with van der Waals surface area (Å²) >= 11 is 6.53. The molecule has 8 nitrogen and oxygen atoms in total. The summed E-state index contributed by atoms with van der Waals surface area (Å²) in [5, 5.41) is 10.7. The van der Waals surface area contributed by atoms with Gasteiger partial charge in [0, 0.05) is 55.8 Å². The summed E-state index contributed by atoms with van der Waals surface area (Å²) in [6.07, 6.45) is 1.30. The van der Waals surface area contributed by atoms with Crippen LogP contribution in [0.2, 0.25) is 5.02 Å². The number of likely N-dealkylation sites (N-methyl/N-ethyl adjacent to an activating group) is 1. The first-order valence-corrected chi connectivity index (χ1v) is 12.8. The van der Waals surface area contributed by atoms with Crippen molar-refractivity contribution in [2.75, 3.05) is 56.6 Å². The lowest BCUT2D eigenvalue weighted by Crippen LogP contribution is -2.58. The highest BCUT2D eigenvalue weighted by Crippen LogP contribution is 2.43. The van der Waals surface area contributed by atoms with Crippen LogP contribution in [0.4, 0.5) is 20.5 Å². The second-order valence-corrected chi connectivity index (χ2v) is 10.4. The van der Waals surface area contributed by atoms with Gasteiger partial charge in [-0.15, -0.1) is 0 Å². The zero-order chi connectivity index (χ0) is 27.3. The maximum Gasteiger partial charge on any atom is 0.246 e. The number of rotatable bonds is 5. The van der Waals surface area contributed by atoms with Crippen molar-refractivity contribution in [3.05, 3.63) is 53.6 Å². The molecular formula is C27H29ClF2N6O2. The highest BCUT2D eigenvalue weighted by molar-refractivity contribution is 6.34. The average Bonchev–Trinajstić information content (AvgIpc) is 2.84. The number of amides is 1. The van der Waals surface area contributed by atoms with Gasteiger partial charge in [-0.1, -0.05) is 24.2 Å². The summed E-state index contributed by atoms with van der Waals surface area (Å²) in [4.78, 5) is 29.4. The monoisotopic (exact) mass is 542 g/mol. The molecule has 0 aliphatic carbocycles. The Labute approximate surface area is 224 Å². The van der Waals surface area contributed by atoms with E-state index >= 15 is 4.39 Å². The van der Waals surface area contributed by atoms with Crippen molar-refractivity contribution in [3.63, 3.8) is 0 Å². The van der Waals surface area contributed by atoms with Crippen molar-refractivity contribution in [1.29, 1.82) is 0 Å². The van der Waals surface area contributed by atoms with Gasteiger partial charge >= 0.3 is 0 Å². The highest BCUT2D eigenvalue weighted by Gasteiger charge is 2.34. The molecule has 2 aliphatic heterocycles. The summed E-state index contributed by atoms with van der Waals surface area (Å²) < 4.78 is 31.0. The van der Waals surface area contributed by atoms with Crippen LogP contribution < -0.4 is 9.80 Å². The molecule has 0 unspecified atom stereocenters. The van der Waals surface area contributed by atoms with Crippen LogP contribution in [-0.4, -0.2) is 89.7 Å². The van der Waals surface area contributed by atoms with Gasteiger partial charge in [0.05, 0.1) is 10.6 Å². The molecule has 1 N–H and O–H groups in total. The molecule has 200 valence electrons. The fourth-order valence-corrected chi connectivity index (χ4v) is 5.37. The van der Waals surface area contributed by atoms with Crippen LogP contribution in [0.5, 0.6) is 5.75 Å². The fourth-order valence-electron chi connectivity index (χ4n) is 5.08. The Balaban J connectivity index is 1.65. The summed E-state index contributed by atoms with van der Waals surface area (Å²) in [7, 11) is 3.99. The van der Waals surface area contributed by atoms with Gasteiger partial charge < -0.3 is 24.7 Å². The lowest BCUT2D eigenvalue weighted by Gasteiger charge is -2.43. The molecule has 1 aromatic heterocycles. The van der Waals surface area contributed by atoms with Crippen molar-refractivity contribution in [2.24, 2.45) is 0 Å². The van der Waals surface area contributed by atoms with E-state index in [1.54, 1.807) is 4.90 Å². The second kappa shape index (κ2) is 9.99. The number of nitrogens with zero attached hydrogens (tertiary/aromatic N) is 6. The van der Waals surface area contributed by atoms with E-state index in [1.807, 2.05) is 30.8 Å². The molecule has 0 spiro atoms. The topological polar surface area (TPSA) is 76.0 Å². The molecule has 11 heteroatoms. The minimum absolute atomic E-state index is 0.0161. The molecule has 0 saturated carbocycles. The van der Waals surface area contributed by atoms with Crippen LogP contribution in [-0.2, 0) is 4.79 Å². The Morgan fingerprint density at radius 1 is 1.16 bits per heavy atom. The number of aromatic hydroxyl groups is 1. The summed E-state index contributed by atoms with van der Waals surface area (Å²) in [5.74, 6) is -1.37. The van der Waals surface area contributed by atoms with E-state index in [4.69, 9.17) is 16.6 Å². The maximum atomic E-state index is 16.2. The Morgan fingerprint density at radius 3 is 2.53 bits per heavy atom. The standard InChI is InChI=1S/C27H29ClF2N6O2/c1-5-21(38)36-10-9-34(12-15(36)2)26-17-11-18(28)22(23-19(29)7-6-8-20(23)37)24(30)25(17)31-27(32-26)35-13-16(14-35)33(3)4/h5-8,11,15-16,37H,1,9-10,12-14H2,2-4H3/t15-/m1/s1. The minimum Gasteiger partial charge on any atom is -0.507 e. The summed E-state index contributed by atoms with van der Waals surface area (Å²) in [5.41, 5.74) is -0.590. The van der Waals surface area contributed by atoms with E-state index in [0.717, 1.165) is 6.07 Å². The molecule has 1 atom stereocenters. The first-order chi connectivity index (χ1) is 18.1. The molecule has 0 radical (unpaired) electrons. The number of halogens is 3. The van der Waals surface area contributed by atoms with E-state index in [1.165, 1.54) is 24.3 Å². The van der Waals surface area contributed by atoms with Gasteiger partial charge in [0.2, 0.25) is 11.9 Å². The molecule has 3 heterocycles. The zero-order valence-corrected chi connectivity index (χ0v) is 22.2. The number of hydrogen-bond donors (Lipinski definition) is 1. The molecule has 0 bridgehead atoms. The van der Waals surface area contributed by atoms with E-state index in [0.29, 0.717) is 55.9 Å².